The Bertz CT molecular complexity index is 1400. The summed E-state index contributed by atoms with van der Waals surface area (Å²) in [5, 5.41) is 12.3. The van der Waals surface area contributed by atoms with Crippen molar-refractivity contribution in [2.75, 3.05) is 11.1 Å². The molecule has 0 amide bonds. The molecule has 0 saturated carbocycles. The molecule has 162 valence electrons. The Morgan fingerprint density at radius 3 is 2.59 bits per heavy atom. The molecule has 1 aromatic carbocycles. The smallest absolute Gasteiger partial charge is 0.382 e. The van der Waals surface area contributed by atoms with Crippen LogP contribution in [-0.2, 0) is 6.18 Å². The van der Waals surface area contributed by atoms with Gasteiger partial charge >= 0.3 is 11.9 Å². The average molecular weight is 440 g/mol. The number of nitrogens with one attached hydrogen (secondary N) is 1. The number of fused-ring (bicyclic) bond motifs is 1. The Hall–Kier alpha value is -4.40. The molecule has 0 aliphatic carbocycles. The van der Waals surface area contributed by atoms with Crippen molar-refractivity contribution < 1.29 is 13.2 Å². The van der Waals surface area contributed by atoms with E-state index in [2.05, 4.69) is 20.3 Å². The first-order chi connectivity index (χ1) is 15.2. The zero-order valence-corrected chi connectivity index (χ0v) is 16.5. The summed E-state index contributed by atoms with van der Waals surface area (Å²) in [7, 11) is 0. The van der Waals surface area contributed by atoms with Crippen LogP contribution in [0.3, 0.4) is 0 Å². The summed E-state index contributed by atoms with van der Waals surface area (Å²) in [5.74, 6) is 0.177. The molecule has 4 rings (SSSR count). The van der Waals surface area contributed by atoms with Gasteiger partial charge in [0, 0.05) is 6.20 Å². The number of anilines is 2. The van der Waals surface area contributed by atoms with E-state index < -0.39 is 23.5 Å². The topological polar surface area (TPSA) is 127 Å². The van der Waals surface area contributed by atoms with Crippen molar-refractivity contribution in [2.45, 2.75) is 19.1 Å². The van der Waals surface area contributed by atoms with Crippen molar-refractivity contribution >= 4 is 17.3 Å². The third-order valence-electron chi connectivity index (χ3n) is 4.73. The highest BCUT2D eigenvalue weighted by Crippen LogP contribution is 2.30. The maximum atomic E-state index is 13.2. The highest BCUT2D eigenvalue weighted by Gasteiger charge is 2.33. The minimum absolute atomic E-state index is 0.00363. The number of nitriles is 1. The maximum absolute atomic E-state index is 13.2. The molecule has 0 aliphatic rings. The molecule has 0 fully saturated rings. The van der Waals surface area contributed by atoms with Gasteiger partial charge in [-0.15, -0.1) is 0 Å². The molecule has 12 heteroatoms. The van der Waals surface area contributed by atoms with E-state index in [1.807, 2.05) is 6.07 Å². The first-order valence-corrected chi connectivity index (χ1v) is 9.25. The van der Waals surface area contributed by atoms with Crippen LogP contribution in [0.25, 0.3) is 11.3 Å². The van der Waals surface area contributed by atoms with Gasteiger partial charge in [-0.2, -0.15) is 18.4 Å². The Balaban J connectivity index is 1.92. The van der Waals surface area contributed by atoms with Crippen LogP contribution in [0.2, 0.25) is 0 Å². The second-order valence-electron chi connectivity index (χ2n) is 6.84. The number of nitrogens with two attached hydrogens (primary N) is 1. The van der Waals surface area contributed by atoms with E-state index in [0.29, 0.717) is 11.9 Å². The molecular weight excluding hydrogens is 425 g/mol. The van der Waals surface area contributed by atoms with Gasteiger partial charge in [-0.05, 0) is 25.1 Å². The molecule has 0 saturated heterocycles. The first kappa shape index (κ1) is 20.9. The Labute approximate surface area is 178 Å². The molecule has 1 atom stereocenters. The van der Waals surface area contributed by atoms with Crippen LogP contribution in [0.15, 0.2) is 53.7 Å². The fourth-order valence-electron chi connectivity index (χ4n) is 3.22. The van der Waals surface area contributed by atoms with E-state index in [1.165, 1.54) is 4.57 Å². The standard InChI is InChI=1S/C20H15F3N8O/c1-11(28-17-14(8-24)16(25)26-10-27-17)18-29-15-7-12(20(21,22)23)9-30(15)19(32)31(18)13-5-3-2-4-6-13/h2-7,9-11H,1H3,(H3,25,26,27,28). The SMILES string of the molecule is CC(Nc1ncnc(N)c1C#N)c1nc2cc(C(F)(F)F)cn2c(=O)n1-c1ccccc1. The second-order valence-corrected chi connectivity index (χ2v) is 6.84. The maximum Gasteiger partial charge on any atom is 0.417 e. The first-order valence-electron chi connectivity index (χ1n) is 9.25. The van der Waals surface area contributed by atoms with Crippen molar-refractivity contribution in [3.05, 3.63) is 76.4 Å². The summed E-state index contributed by atoms with van der Waals surface area (Å²) in [6.07, 6.45) is -2.76. The minimum Gasteiger partial charge on any atom is -0.382 e. The second kappa shape index (κ2) is 7.69. The third kappa shape index (κ3) is 3.60. The van der Waals surface area contributed by atoms with Crippen LogP contribution in [0.1, 0.15) is 29.9 Å². The lowest BCUT2D eigenvalue weighted by Crippen LogP contribution is -2.31. The molecule has 3 heterocycles. The lowest BCUT2D eigenvalue weighted by atomic mass is 10.2. The summed E-state index contributed by atoms with van der Waals surface area (Å²) >= 11 is 0. The highest BCUT2D eigenvalue weighted by atomic mass is 19.4. The summed E-state index contributed by atoms with van der Waals surface area (Å²) in [6.45, 7) is 1.63. The van der Waals surface area contributed by atoms with Gasteiger partial charge < -0.3 is 11.1 Å². The molecule has 0 radical (unpaired) electrons. The van der Waals surface area contributed by atoms with Crippen LogP contribution in [0.4, 0.5) is 24.8 Å². The number of nitrogen functional groups attached to an aromatic ring is 1. The lowest BCUT2D eigenvalue weighted by Gasteiger charge is -2.20. The zero-order valence-electron chi connectivity index (χ0n) is 16.5. The van der Waals surface area contributed by atoms with Gasteiger partial charge in [-0.3, -0.25) is 4.40 Å². The van der Waals surface area contributed by atoms with Crippen LogP contribution >= 0.6 is 0 Å². The van der Waals surface area contributed by atoms with Crippen LogP contribution in [0, 0.1) is 11.3 Å². The monoisotopic (exact) mass is 440 g/mol. The number of halogens is 3. The van der Waals surface area contributed by atoms with Crippen molar-refractivity contribution in [3.63, 3.8) is 0 Å². The van der Waals surface area contributed by atoms with Crippen LogP contribution in [-0.4, -0.2) is 23.9 Å². The molecule has 4 aromatic rings. The van der Waals surface area contributed by atoms with Crippen molar-refractivity contribution in [3.8, 4) is 11.8 Å². The van der Waals surface area contributed by atoms with E-state index in [0.717, 1.165) is 16.8 Å². The quantitative estimate of drug-likeness (QED) is 0.499. The molecule has 1 unspecified atom stereocenters. The Morgan fingerprint density at radius 1 is 1.22 bits per heavy atom. The number of benzene rings is 1. The molecule has 3 aromatic heterocycles. The van der Waals surface area contributed by atoms with Crippen molar-refractivity contribution in [1.82, 2.24) is 23.9 Å². The molecule has 0 aliphatic heterocycles. The van der Waals surface area contributed by atoms with E-state index >= 15 is 0 Å². The van der Waals surface area contributed by atoms with Gasteiger partial charge in [0.2, 0.25) is 0 Å². The summed E-state index contributed by atoms with van der Waals surface area (Å²) < 4.78 is 41.7. The number of hydrogen-bond donors (Lipinski definition) is 2. The predicted octanol–water partition coefficient (Wildman–Crippen LogP) is 2.92. The Kier molecular flexibility index (Phi) is 5.01. The normalized spacial score (nSPS) is 12.5. The third-order valence-corrected chi connectivity index (χ3v) is 4.73. The molecule has 9 nitrogen and oxygen atoms in total. The summed E-state index contributed by atoms with van der Waals surface area (Å²) in [4.78, 5) is 25.3. The number of aromatic nitrogens is 5. The number of nitrogens with zero attached hydrogens (tertiary/aromatic N) is 6. The molecule has 32 heavy (non-hydrogen) atoms. The molecule has 0 spiro atoms. The minimum atomic E-state index is -4.64. The summed E-state index contributed by atoms with van der Waals surface area (Å²) in [5.41, 5.74) is 4.22. The predicted molar refractivity (Wildman–Crippen MR) is 109 cm³/mol. The largest absolute Gasteiger partial charge is 0.417 e. The highest BCUT2D eigenvalue weighted by molar-refractivity contribution is 5.62. The van der Waals surface area contributed by atoms with Gasteiger partial charge in [0.15, 0.2) is 0 Å². The number of alkyl halides is 3. The van der Waals surface area contributed by atoms with E-state index in [1.54, 1.807) is 37.3 Å². The van der Waals surface area contributed by atoms with Gasteiger partial charge in [-0.25, -0.2) is 24.3 Å². The number of hydrogen-bond acceptors (Lipinski definition) is 7. The molecule has 3 N–H and O–H groups in total. The summed E-state index contributed by atoms with van der Waals surface area (Å²) in [6, 6.07) is 10.3. The van der Waals surface area contributed by atoms with Gasteiger partial charge in [0.25, 0.3) is 0 Å². The average Bonchev–Trinajstić information content (AvgIpc) is 3.20. The van der Waals surface area contributed by atoms with Crippen molar-refractivity contribution in [1.29, 1.82) is 5.26 Å². The molecule has 0 bridgehead atoms. The van der Waals surface area contributed by atoms with Gasteiger partial charge in [-0.1, -0.05) is 18.2 Å². The van der Waals surface area contributed by atoms with Gasteiger partial charge in [0.05, 0.1) is 17.3 Å². The molecular formula is C20H15F3N8O. The van der Waals surface area contributed by atoms with E-state index in [4.69, 9.17) is 5.73 Å². The van der Waals surface area contributed by atoms with Crippen LogP contribution < -0.4 is 16.7 Å². The van der Waals surface area contributed by atoms with Crippen molar-refractivity contribution in [2.24, 2.45) is 0 Å². The zero-order chi connectivity index (χ0) is 23.0. The van der Waals surface area contributed by atoms with E-state index in [-0.39, 0.29) is 28.7 Å². The van der Waals surface area contributed by atoms with E-state index in [9.17, 15) is 23.2 Å². The number of para-hydroxylation sites is 1. The van der Waals surface area contributed by atoms with Gasteiger partial charge in [0.1, 0.15) is 41.1 Å². The Morgan fingerprint density at radius 2 is 1.94 bits per heavy atom. The lowest BCUT2D eigenvalue weighted by molar-refractivity contribution is -0.137. The fraction of sp³-hybridized carbons (Fsp3) is 0.150. The van der Waals surface area contributed by atoms with Crippen LogP contribution in [0.5, 0.6) is 0 Å². The fourth-order valence-corrected chi connectivity index (χ4v) is 3.22. The number of rotatable bonds is 4.